The van der Waals surface area contributed by atoms with Gasteiger partial charge in [0.25, 0.3) is 5.91 Å². The van der Waals surface area contributed by atoms with E-state index < -0.39 is 0 Å². The van der Waals surface area contributed by atoms with Gasteiger partial charge >= 0.3 is 0 Å². The molecule has 30 heavy (non-hydrogen) atoms. The summed E-state index contributed by atoms with van der Waals surface area (Å²) in [6.45, 7) is 2.65. The van der Waals surface area contributed by atoms with Crippen molar-refractivity contribution in [1.29, 1.82) is 0 Å². The molecule has 1 heterocycles. The average Bonchev–Trinajstić information content (AvgIpc) is 3.20. The van der Waals surface area contributed by atoms with E-state index in [0.29, 0.717) is 21.6 Å². The van der Waals surface area contributed by atoms with Gasteiger partial charge in [-0.1, -0.05) is 66.5 Å². The molecule has 0 radical (unpaired) electrons. The lowest BCUT2D eigenvalue weighted by atomic mass is 9.82. The van der Waals surface area contributed by atoms with Gasteiger partial charge < -0.3 is 5.32 Å². The number of fused-ring (bicyclic) bond motifs is 1. The summed E-state index contributed by atoms with van der Waals surface area (Å²) in [5, 5.41) is 4.96. The Bertz CT molecular complexity index is 1120. The Balaban J connectivity index is 1.56. The minimum atomic E-state index is -0.154. The van der Waals surface area contributed by atoms with Crippen molar-refractivity contribution in [2.45, 2.75) is 18.8 Å². The predicted octanol–water partition coefficient (Wildman–Crippen LogP) is 6.92. The Morgan fingerprint density at radius 2 is 1.53 bits per heavy atom. The molecule has 4 rings (SSSR count). The van der Waals surface area contributed by atoms with Crippen molar-refractivity contribution in [3.63, 3.8) is 0 Å². The van der Waals surface area contributed by atoms with Gasteiger partial charge in [0, 0.05) is 22.5 Å². The lowest BCUT2D eigenvalue weighted by Crippen LogP contribution is -2.30. The van der Waals surface area contributed by atoms with E-state index in [0.717, 1.165) is 21.3 Å². The van der Waals surface area contributed by atoms with Crippen LogP contribution in [-0.4, -0.2) is 17.4 Å². The van der Waals surface area contributed by atoms with Crippen LogP contribution in [0.15, 0.2) is 72.8 Å². The maximum absolute atomic E-state index is 12.8. The minimum absolute atomic E-state index is 0.0711. The summed E-state index contributed by atoms with van der Waals surface area (Å²) in [7, 11) is 0. The molecular formula is C24H20Cl2N2OS. The molecule has 152 valence electrons. The van der Waals surface area contributed by atoms with Crippen molar-refractivity contribution in [3.8, 4) is 0 Å². The molecule has 0 saturated heterocycles. The van der Waals surface area contributed by atoms with E-state index in [4.69, 9.17) is 23.2 Å². The van der Waals surface area contributed by atoms with Crippen molar-refractivity contribution >= 4 is 50.7 Å². The molecule has 6 heteroatoms. The normalized spacial score (nSPS) is 13.2. The highest BCUT2D eigenvalue weighted by Gasteiger charge is 2.23. The van der Waals surface area contributed by atoms with Crippen LogP contribution in [0.1, 0.15) is 39.7 Å². The summed E-state index contributed by atoms with van der Waals surface area (Å²) in [5.74, 6) is 0.0827. The van der Waals surface area contributed by atoms with Crippen molar-refractivity contribution in [2.75, 3.05) is 6.54 Å². The molecule has 3 nitrogen and oxygen atoms in total. The Labute approximate surface area is 189 Å². The van der Waals surface area contributed by atoms with E-state index in [-0.39, 0.29) is 17.7 Å². The second kappa shape index (κ2) is 9.17. The van der Waals surface area contributed by atoms with Crippen molar-refractivity contribution in [2.24, 2.45) is 0 Å². The van der Waals surface area contributed by atoms with Crippen LogP contribution in [0.5, 0.6) is 0 Å². The van der Waals surface area contributed by atoms with Crippen LogP contribution in [0.2, 0.25) is 10.0 Å². The second-order valence-corrected chi connectivity index (χ2v) is 9.10. The molecule has 0 aliphatic carbocycles. The monoisotopic (exact) mass is 454 g/mol. The van der Waals surface area contributed by atoms with Crippen LogP contribution < -0.4 is 5.32 Å². The number of benzene rings is 3. The topological polar surface area (TPSA) is 42.0 Å². The SMILES string of the molecule is CC(c1ccc(Cl)cc1)C(CNC(=O)c1nc2ccccc2s1)c1ccc(Cl)cc1. The van der Waals surface area contributed by atoms with Crippen molar-refractivity contribution in [3.05, 3.63) is 99.0 Å². The molecule has 0 aliphatic rings. The number of halogens is 2. The van der Waals surface area contributed by atoms with Crippen LogP contribution in [0, 0.1) is 0 Å². The largest absolute Gasteiger partial charge is 0.349 e. The molecule has 0 spiro atoms. The van der Waals surface area contributed by atoms with Crippen LogP contribution in [0.3, 0.4) is 0 Å². The Morgan fingerprint density at radius 1 is 0.933 bits per heavy atom. The highest BCUT2D eigenvalue weighted by Crippen LogP contribution is 2.33. The fraction of sp³-hybridized carbons (Fsp3) is 0.167. The molecule has 4 aromatic rings. The van der Waals surface area contributed by atoms with E-state index in [2.05, 4.69) is 17.2 Å². The molecule has 0 aliphatic heterocycles. The number of nitrogens with zero attached hydrogens (tertiary/aromatic N) is 1. The van der Waals surface area contributed by atoms with Crippen LogP contribution >= 0.6 is 34.5 Å². The number of amides is 1. The first-order valence-electron chi connectivity index (χ1n) is 9.66. The van der Waals surface area contributed by atoms with Gasteiger partial charge in [-0.15, -0.1) is 11.3 Å². The van der Waals surface area contributed by atoms with Crippen molar-refractivity contribution in [1.82, 2.24) is 10.3 Å². The van der Waals surface area contributed by atoms with Gasteiger partial charge in [-0.25, -0.2) is 4.98 Å². The second-order valence-electron chi connectivity index (χ2n) is 7.20. The lowest BCUT2D eigenvalue weighted by Gasteiger charge is -2.25. The summed E-state index contributed by atoms with van der Waals surface area (Å²) in [6, 6.07) is 23.4. The number of aromatic nitrogens is 1. The first kappa shape index (κ1) is 20.9. The van der Waals surface area contributed by atoms with Crippen LogP contribution in [-0.2, 0) is 0 Å². The summed E-state index contributed by atoms with van der Waals surface area (Å²) in [6.07, 6.45) is 0. The van der Waals surface area contributed by atoms with E-state index >= 15 is 0 Å². The third-order valence-electron chi connectivity index (χ3n) is 5.27. The van der Waals surface area contributed by atoms with Crippen LogP contribution in [0.4, 0.5) is 0 Å². The standard InChI is InChI=1S/C24H20Cl2N2OS/c1-15(16-6-10-18(25)11-7-16)20(17-8-12-19(26)13-9-17)14-27-23(29)24-28-21-4-2-3-5-22(21)30-24/h2-13,15,20H,14H2,1H3,(H,27,29). The number of carbonyl (C=O) groups is 1. The third kappa shape index (κ3) is 4.67. The van der Waals surface area contributed by atoms with E-state index in [1.807, 2.05) is 72.8 Å². The Morgan fingerprint density at radius 3 is 2.17 bits per heavy atom. The molecule has 0 bridgehead atoms. The molecule has 0 fully saturated rings. The number of thiazole rings is 1. The molecule has 1 amide bonds. The minimum Gasteiger partial charge on any atom is -0.349 e. The average molecular weight is 455 g/mol. The molecule has 2 unspecified atom stereocenters. The van der Waals surface area contributed by atoms with Gasteiger partial charge in [-0.3, -0.25) is 4.79 Å². The molecule has 2 atom stereocenters. The number of carbonyl (C=O) groups excluding carboxylic acids is 1. The highest BCUT2D eigenvalue weighted by atomic mass is 35.5. The lowest BCUT2D eigenvalue weighted by molar-refractivity contribution is 0.0950. The van der Waals surface area contributed by atoms with E-state index in [1.165, 1.54) is 11.3 Å². The van der Waals surface area contributed by atoms with E-state index in [9.17, 15) is 4.79 Å². The fourth-order valence-corrected chi connectivity index (χ4v) is 4.67. The third-order valence-corrected chi connectivity index (χ3v) is 6.81. The van der Waals surface area contributed by atoms with Gasteiger partial charge in [0.15, 0.2) is 5.01 Å². The van der Waals surface area contributed by atoms with Gasteiger partial charge in [-0.05, 0) is 53.4 Å². The van der Waals surface area contributed by atoms with Crippen LogP contribution in [0.25, 0.3) is 10.2 Å². The zero-order chi connectivity index (χ0) is 21.1. The molecule has 1 N–H and O–H groups in total. The van der Waals surface area contributed by atoms with Crippen molar-refractivity contribution < 1.29 is 4.79 Å². The number of hydrogen-bond acceptors (Lipinski definition) is 3. The number of para-hydroxylation sites is 1. The molecule has 3 aromatic carbocycles. The Kier molecular flexibility index (Phi) is 6.38. The summed E-state index contributed by atoms with van der Waals surface area (Å²) in [5.41, 5.74) is 3.12. The zero-order valence-electron chi connectivity index (χ0n) is 16.3. The zero-order valence-corrected chi connectivity index (χ0v) is 18.6. The van der Waals surface area contributed by atoms with E-state index in [1.54, 1.807) is 0 Å². The Hall–Kier alpha value is -2.40. The highest BCUT2D eigenvalue weighted by molar-refractivity contribution is 7.20. The number of hydrogen-bond donors (Lipinski definition) is 1. The van der Waals surface area contributed by atoms with Gasteiger partial charge in [0.2, 0.25) is 0 Å². The molecule has 1 aromatic heterocycles. The van der Waals surface area contributed by atoms with Gasteiger partial charge in [0.05, 0.1) is 10.2 Å². The summed E-state index contributed by atoms with van der Waals surface area (Å²) >= 11 is 13.5. The maximum atomic E-state index is 12.8. The molecular weight excluding hydrogens is 435 g/mol. The smallest absolute Gasteiger partial charge is 0.280 e. The molecule has 0 saturated carbocycles. The number of nitrogens with one attached hydrogen (secondary N) is 1. The maximum Gasteiger partial charge on any atom is 0.280 e. The fourth-order valence-electron chi connectivity index (χ4n) is 3.54. The summed E-state index contributed by atoms with van der Waals surface area (Å²) in [4.78, 5) is 17.3. The van der Waals surface area contributed by atoms with Gasteiger partial charge in [0.1, 0.15) is 0 Å². The predicted molar refractivity (Wildman–Crippen MR) is 126 cm³/mol. The number of rotatable bonds is 6. The first-order valence-corrected chi connectivity index (χ1v) is 11.2. The van der Waals surface area contributed by atoms with Gasteiger partial charge in [-0.2, -0.15) is 0 Å². The summed E-state index contributed by atoms with van der Waals surface area (Å²) < 4.78 is 1.01. The quantitative estimate of drug-likeness (QED) is 0.343. The first-order chi connectivity index (χ1) is 14.5.